The molecular formula is C26H14N10. The standard InChI is InChI=1S/C26H14N10/c1-2-8-14-13(7-1)19-27-20(14)29-22-16-10-4-6-12-18(16)24(31-22)33-26-34-25(35-36-26)32-23-17-11-5-3-9-15(17)21(28-19)30-23/h1-12H,(H2,27,28,29,30,31,32,33,34,35,36). The number of nitrogens with one attached hydrogen (secondary N) is 2. The molecular weight excluding hydrogens is 452 g/mol. The van der Waals surface area contributed by atoms with Crippen molar-refractivity contribution in [2.75, 3.05) is 0 Å². The molecule has 8 rings (SSSR count). The summed E-state index contributed by atoms with van der Waals surface area (Å²) in [5, 5.41) is 0. The monoisotopic (exact) mass is 466 g/mol. The number of hydrogen-bond donors (Lipinski definition) is 2. The molecule has 3 aromatic carbocycles. The maximum atomic E-state index is 4.87. The average molecular weight is 466 g/mol. The maximum Gasteiger partial charge on any atom is 0.247 e. The number of amidine groups is 6. The molecule has 0 unspecified atom stereocenters. The number of guanidine groups is 2. The second kappa shape index (κ2) is 7.06. The molecule has 168 valence electrons. The SMILES string of the molecule is c1ccc2c(c1)C1=NC3=NC(=NC4=NC(=NC5=NC(=NC2=N1)c1ccccc15)c1ccccc14)NN3. The molecule has 0 aliphatic carbocycles. The fourth-order valence-electron chi connectivity index (χ4n) is 4.57. The zero-order valence-electron chi connectivity index (χ0n) is 18.5. The van der Waals surface area contributed by atoms with Crippen LogP contribution in [0.1, 0.15) is 33.4 Å². The van der Waals surface area contributed by atoms with Gasteiger partial charge >= 0.3 is 0 Å². The molecule has 0 saturated carbocycles. The summed E-state index contributed by atoms with van der Waals surface area (Å²) in [4.78, 5) is 37.8. The van der Waals surface area contributed by atoms with Crippen LogP contribution in [0.15, 0.2) is 113 Å². The Morgan fingerprint density at radius 3 is 0.944 bits per heavy atom. The van der Waals surface area contributed by atoms with E-state index >= 15 is 0 Å². The van der Waals surface area contributed by atoms with E-state index in [2.05, 4.69) is 25.8 Å². The lowest BCUT2D eigenvalue weighted by molar-refractivity contribution is 0.890. The fraction of sp³-hybridized carbons (Fsp3) is 0. The van der Waals surface area contributed by atoms with Crippen molar-refractivity contribution < 1.29 is 0 Å². The number of hydrazine groups is 1. The van der Waals surface area contributed by atoms with Crippen LogP contribution in [0.2, 0.25) is 0 Å². The van der Waals surface area contributed by atoms with Crippen molar-refractivity contribution in [3.63, 3.8) is 0 Å². The van der Waals surface area contributed by atoms with Crippen LogP contribution in [-0.4, -0.2) is 46.9 Å². The number of aliphatic imine (C=N–C) groups is 8. The lowest BCUT2D eigenvalue weighted by Crippen LogP contribution is -2.32. The van der Waals surface area contributed by atoms with Crippen molar-refractivity contribution in [2.45, 2.75) is 0 Å². The van der Waals surface area contributed by atoms with Crippen LogP contribution >= 0.6 is 0 Å². The fourth-order valence-corrected chi connectivity index (χ4v) is 4.57. The zero-order chi connectivity index (χ0) is 23.6. The third-order valence-electron chi connectivity index (χ3n) is 6.21. The van der Waals surface area contributed by atoms with E-state index < -0.39 is 0 Å². The Balaban J connectivity index is 1.41. The molecule has 3 aromatic rings. The van der Waals surface area contributed by atoms with Gasteiger partial charge in [0.05, 0.1) is 0 Å². The number of fused-ring (bicyclic) bond motifs is 13. The van der Waals surface area contributed by atoms with E-state index in [-0.39, 0.29) is 0 Å². The number of benzene rings is 3. The molecule has 8 bridgehead atoms. The average Bonchev–Trinajstić information content (AvgIpc) is 3.67. The summed E-state index contributed by atoms with van der Waals surface area (Å²) >= 11 is 0. The second-order valence-corrected chi connectivity index (χ2v) is 8.37. The molecule has 0 aromatic heterocycles. The largest absolute Gasteiger partial charge is 0.265 e. The minimum atomic E-state index is 0.343. The third-order valence-corrected chi connectivity index (χ3v) is 6.21. The van der Waals surface area contributed by atoms with E-state index in [9.17, 15) is 0 Å². The molecule has 0 fully saturated rings. The van der Waals surface area contributed by atoms with Crippen LogP contribution in [0.3, 0.4) is 0 Å². The number of hydrogen-bond acceptors (Lipinski definition) is 10. The molecule has 5 aliphatic heterocycles. The van der Waals surface area contributed by atoms with Crippen LogP contribution in [0.5, 0.6) is 0 Å². The predicted molar refractivity (Wildman–Crippen MR) is 140 cm³/mol. The van der Waals surface area contributed by atoms with Gasteiger partial charge in [-0.2, -0.15) is 15.0 Å². The Morgan fingerprint density at radius 1 is 0.306 bits per heavy atom. The first-order valence-corrected chi connectivity index (χ1v) is 11.3. The van der Waals surface area contributed by atoms with Crippen LogP contribution in [-0.2, 0) is 0 Å². The van der Waals surface area contributed by atoms with Crippen molar-refractivity contribution in [3.05, 3.63) is 106 Å². The van der Waals surface area contributed by atoms with Crippen molar-refractivity contribution in [1.82, 2.24) is 10.9 Å². The van der Waals surface area contributed by atoms with E-state index in [1.807, 2.05) is 72.8 Å². The molecule has 0 saturated heterocycles. The van der Waals surface area contributed by atoms with Gasteiger partial charge in [0.25, 0.3) is 0 Å². The van der Waals surface area contributed by atoms with Crippen molar-refractivity contribution in [1.29, 1.82) is 0 Å². The lowest BCUT2D eigenvalue weighted by atomic mass is 10.1. The van der Waals surface area contributed by atoms with Gasteiger partial charge in [0.2, 0.25) is 11.9 Å². The summed E-state index contributed by atoms with van der Waals surface area (Å²) < 4.78 is 0. The minimum Gasteiger partial charge on any atom is -0.265 e. The van der Waals surface area contributed by atoms with E-state index in [1.54, 1.807) is 0 Å². The topological polar surface area (TPSA) is 123 Å². The summed E-state index contributed by atoms with van der Waals surface area (Å²) in [6, 6.07) is 23.6. The van der Waals surface area contributed by atoms with Gasteiger partial charge in [-0.3, -0.25) is 10.9 Å². The highest BCUT2D eigenvalue weighted by Gasteiger charge is 2.29. The molecule has 0 radical (unpaired) electrons. The van der Waals surface area contributed by atoms with E-state index in [0.717, 1.165) is 33.4 Å². The second-order valence-electron chi connectivity index (χ2n) is 8.37. The first-order chi connectivity index (χ1) is 17.8. The smallest absolute Gasteiger partial charge is 0.247 e. The maximum absolute atomic E-state index is 4.87. The highest BCUT2D eigenvalue weighted by molar-refractivity contribution is 6.33. The Hall–Kier alpha value is -5.38. The molecule has 36 heavy (non-hydrogen) atoms. The third kappa shape index (κ3) is 2.78. The molecule has 0 atom stereocenters. The Labute approximate surface area is 204 Å². The van der Waals surface area contributed by atoms with Crippen LogP contribution in [0.4, 0.5) is 0 Å². The molecule has 2 N–H and O–H groups in total. The summed E-state index contributed by atoms with van der Waals surface area (Å²) in [6.45, 7) is 0. The van der Waals surface area contributed by atoms with Gasteiger partial charge < -0.3 is 0 Å². The summed E-state index contributed by atoms with van der Waals surface area (Å²) in [5.74, 6) is 3.85. The molecule has 10 heteroatoms. The van der Waals surface area contributed by atoms with Crippen molar-refractivity contribution >= 4 is 46.9 Å². The minimum absolute atomic E-state index is 0.343. The quantitative estimate of drug-likeness (QED) is 0.529. The Morgan fingerprint density at radius 2 is 0.583 bits per heavy atom. The molecule has 5 aliphatic rings. The van der Waals surface area contributed by atoms with Crippen LogP contribution in [0, 0.1) is 0 Å². The van der Waals surface area contributed by atoms with Gasteiger partial charge in [-0.1, -0.05) is 72.8 Å². The van der Waals surface area contributed by atoms with Gasteiger partial charge in [-0.15, -0.1) is 0 Å². The molecule has 0 amide bonds. The van der Waals surface area contributed by atoms with Gasteiger partial charge in [-0.25, -0.2) is 25.0 Å². The molecule has 5 heterocycles. The molecule has 10 nitrogen and oxygen atoms in total. The first kappa shape index (κ1) is 19.0. The van der Waals surface area contributed by atoms with Crippen molar-refractivity contribution in [3.8, 4) is 0 Å². The van der Waals surface area contributed by atoms with Crippen LogP contribution < -0.4 is 10.9 Å². The summed E-state index contributed by atoms with van der Waals surface area (Å²) in [6.07, 6.45) is 0. The first-order valence-electron chi connectivity index (χ1n) is 11.3. The van der Waals surface area contributed by atoms with Gasteiger partial charge in [0, 0.05) is 33.4 Å². The van der Waals surface area contributed by atoms with E-state index in [1.165, 1.54) is 0 Å². The highest BCUT2D eigenvalue weighted by atomic mass is 15.5. The Bertz CT molecular complexity index is 1780. The summed E-state index contributed by atoms with van der Waals surface area (Å²) in [5.41, 5.74) is 11.2. The van der Waals surface area contributed by atoms with Gasteiger partial charge in [0.15, 0.2) is 35.0 Å². The normalized spacial score (nSPS) is 18.1. The Kier molecular flexibility index (Phi) is 3.72. The molecule has 0 spiro atoms. The van der Waals surface area contributed by atoms with E-state index in [0.29, 0.717) is 46.9 Å². The summed E-state index contributed by atoms with van der Waals surface area (Å²) in [7, 11) is 0. The van der Waals surface area contributed by atoms with Crippen LogP contribution in [0.25, 0.3) is 0 Å². The number of nitrogens with zero attached hydrogens (tertiary/aromatic N) is 8. The van der Waals surface area contributed by atoms with E-state index in [4.69, 9.17) is 25.0 Å². The zero-order valence-corrected chi connectivity index (χ0v) is 18.5. The van der Waals surface area contributed by atoms with Crippen molar-refractivity contribution in [2.24, 2.45) is 39.9 Å². The highest BCUT2D eigenvalue weighted by Crippen LogP contribution is 2.27. The predicted octanol–water partition coefficient (Wildman–Crippen LogP) is 2.44. The van der Waals surface area contributed by atoms with Gasteiger partial charge in [0.1, 0.15) is 0 Å². The lowest BCUT2D eigenvalue weighted by Gasteiger charge is -2.01. The number of rotatable bonds is 0. The van der Waals surface area contributed by atoms with Gasteiger partial charge in [-0.05, 0) is 0 Å².